The number of carboxylic acids is 1. The maximum Gasteiger partial charge on any atom is 0.334 e. The molecule has 1 rings (SSSR count). The zero-order valence-electron chi connectivity index (χ0n) is 10.2. The smallest absolute Gasteiger partial charge is 0.334 e. The van der Waals surface area contributed by atoms with Crippen LogP contribution in [-0.4, -0.2) is 42.9 Å². The predicted octanol–water partition coefficient (Wildman–Crippen LogP) is 0.574. The number of aliphatic carboxylic acids is 1. The van der Waals surface area contributed by atoms with Crippen LogP contribution in [0, 0.1) is 5.92 Å². The lowest BCUT2D eigenvalue weighted by Crippen LogP contribution is -2.43. The van der Waals surface area contributed by atoms with Crippen LogP contribution in [0.2, 0.25) is 0 Å². The van der Waals surface area contributed by atoms with E-state index in [0.29, 0.717) is 5.92 Å². The highest BCUT2D eigenvalue weighted by atomic mass is 16.5. The molecule has 3 atom stereocenters. The minimum atomic E-state index is -1.08. The summed E-state index contributed by atoms with van der Waals surface area (Å²) in [6, 6.07) is -0.0716. The molecule has 0 aromatic rings. The van der Waals surface area contributed by atoms with Crippen LogP contribution in [0.15, 0.2) is 0 Å². The Labute approximate surface area is 101 Å². The molecular weight excluding hydrogens is 224 g/mol. The summed E-state index contributed by atoms with van der Waals surface area (Å²) in [5.41, 5.74) is 0. The fourth-order valence-corrected chi connectivity index (χ4v) is 1.79. The molecule has 1 aliphatic carbocycles. The molecule has 3 unspecified atom stereocenters. The molecule has 0 heterocycles. The fraction of sp³-hybridized carbons (Fsp3) is 0.818. The van der Waals surface area contributed by atoms with Crippen molar-refractivity contribution in [3.63, 3.8) is 0 Å². The number of rotatable bonds is 7. The van der Waals surface area contributed by atoms with Crippen LogP contribution in [0.4, 0.5) is 4.79 Å². The lowest BCUT2D eigenvalue weighted by Gasteiger charge is -2.12. The predicted molar refractivity (Wildman–Crippen MR) is 61.8 cm³/mol. The van der Waals surface area contributed by atoms with Gasteiger partial charge in [-0.25, -0.2) is 9.59 Å². The molecule has 0 aromatic heterocycles. The second-order valence-electron chi connectivity index (χ2n) is 4.31. The first-order valence-electron chi connectivity index (χ1n) is 5.88. The molecule has 0 radical (unpaired) electrons. The standard InChI is InChI=1S/C11H20N2O4/c1-3-4-7-5-8(7)13-11(16)12-6-9(17-2)10(14)15/h7-9H,3-6H2,1-2H3,(H,14,15)(H2,12,13,16). The highest BCUT2D eigenvalue weighted by Gasteiger charge is 2.37. The molecule has 2 amide bonds. The Hall–Kier alpha value is -1.30. The number of ether oxygens (including phenoxy) is 1. The third-order valence-electron chi connectivity index (χ3n) is 2.91. The van der Waals surface area contributed by atoms with Gasteiger partial charge in [-0.3, -0.25) is 0 Å². The molecule has 0 spiro atoms. The summed E-state index contributed by atoms with van der Waals surface area (Å²) in [5.74, 6) is -0.494. The second-order valence-corrected chi connectivity index (χ2v) is 4.31. The van der Waals surface area contributed by atoms with Crippen LogP contribution in [-0.2, 0) is 9.53 Å². The molecule has 1 saturated carbocycles. The van der Waals surface area contributed by atoms with E-state index in [4.69, 9.17) is 9.84 Å². The third-order valence-corrected chi connectivity index (χ3v) is 2.91. The highest BCUT2D eigenvalue weighted by Crippen LogP contribution is 2.34. The van der Waals surface area contributed by atoms with Crippen molar-refractivity contribution >= 4 is 12.0 Å². The summed E-state index contributed by atoms with van der Waals surface area (Å²) in [6.45, 7) is 2.09. The van der Waals surface area contributed by atoms with Gasteiger partial charge in [0.2, 0.25) is 0 Å². The quantitative estimate of drug-likeness (QED) is 0.611. The summed E-state index contributed by atoms with van der Waals surface area (Å²) >= 11 is 0. The van der Waals surface area contributed by atoms with Crippen molar-refractivity contribution in [2.75, 3.05) is 13.7 Å². The Morgan fingerprint density at radius 1 is 1.53 bits per heavy atom. The number of hydrogen-bond acceptors (Lipinski definition) is 3. The molecule has 98 valence electrons. The number of hydrogen-bond donors (Lipinski definition) is 3. The van der Waals surface area contributed by atoms with Crippen molar-refractivity contribution in [2.45, 2.75) is 38.3 Å². The maximum absolute atomic E-state index is 11.4. The largest absolute Gasteiger partial charge is 0.479 e. The molecule has 0 bridgehead atoms. The van der Waals surface area contributed by atoms with Gasteiger partial charge in [-0.2, -0.15) is 0 Å². The van der Waals surface area contributed by atoms with Gasteiger partial charge < -0.3 is 20.5 Å². The fourth-order valence-electron chi connectivity index (χ4n) is 1.79. The molecule has 17 heavy (non-hydrogen) atoms. The van der Waals surface area contributed by atoms with Gasteiger partial charge in [0.25, 0.3) is 0 Å². The van der Waals surface area contributed by atoms with E-state index in [-0.39, 0.29) is 18.6 Å². The summed E-state index contributed by atoms with van der Waals surface area (Å²) in [7, 11) is 1.30. The minimum absolute atomic E-state index is 0.0250. The Balaban J connectivity index is 2.16. The average molecular weight is 244 g/mol. The van der Waals surface area contributed by atoms with Crippen LogP contribution < -0.4 is 10.6 Å². The van der Waals surface area contributed by atoms with Crippen LogP contribution in [0.1, 0.15) is 26.2 Å². The summed E-state index contributed by atoms with van der Waals surface area (Å²) < 4.78 is 4.70. The highest BCUT2D eigenvalue weighted by molar-refractivity contribution is 5.77. The van der Waals surface area contributed by atoms with Gasteiger partial charge in [-0.15, -0.1) is 0 Å². The zero-order chi connectivity index (χ0) is 12.8. The second kappa shape index (κ2) is 6.44. The van der Waals surface area contributed by atoms with Gasteiger partial charge in [-0.1, -0.05) is 13.3 Å². The molecular formula is C11H20N2O4. The van der Waals surface area contributed by atoms with Crippen molar-refractivity contribution in [1.29, 1.82) is 0 Å². The molecule has 3 N–H and O–H groups in total. The van der Waals surface area contributed by atoms with E-state index in [0.717, 1.165) is 19.3 Å². The van der Waals surface area contributed by atoms with E-state index in [1.165, 1.54) is 7.11 Å². The number of carboxylic acid groups (broad SMARTS) is 1. The minimum Gasteiger partial charge on any atom is -0.479 e. The third kappa shape index (κ3) is 4.60. The van der Waals surface area contributed by atoms with Crippen LogP contribution in [0.25, 0.3) is 0 Å². The normalized spacial score (nSPS) is 23.9. The molecule has 0 aromatic carbocycles. The first-order valence-corrected chi connectivity index (χ1v) is 5.88. The van der Waals surface area contributed by atoms with Crippen LogP contribution in [0.5, 0.6) is 0 Å². The number of carbonyl (C=O) groups is 2. The van der Waals surface area contributed by atoms with Gasteiger partial charge in [0.15, 0.2) is 6.10 Å². The van der Waals surface area contributed by atoms with Crippen molar-refractivity contribution in [3.05, 3.63) is 0 Å². The Morgan fingerprint density at radius 2 is 2.24 bits per heavy atom. The zero-order valence-corrected chi connectivity index (χ0v) is 10.2. The average Bonchev–Trinajstić information content (AvgIpc) is 2.97. The van der Waals surface area contributed by atoms with Crippen molar-refractivity contribution in [1.82, 2.24) is 10.6 Å². The number of nitrogens with one attached hydrogen (secondary N) is 2. The SMILES string of the molecule is CCCC1CC1NC(=O)NCC(OC)C(=O)O. The maximum atomic E-state index is 11.4. The molecule has 1 aliphatic rings. The first kappa shape index (κ1) is 13.8. The van der Waals surface area contributed by atoms with Crippen molar-refractivity contribution in [2.24, 2.45) is 5.92 Å². The lowest BCUT2D eigenvalue weighted by atomic mass is 10.2. The van der Waals surface area contributed by atoms with E-state index in [9.17, 15) is 9.59 Å². The molecule has 6 nitrogen and oxygen atoms in total. The van der Waals surface area contributed by atoms with E-state index in [2.05, 4.69) is 17.6 Å². The van der Waals surface area contributed by atoms with Gasteiger partial charge in [-0.05, 0) is 18.8 Å². The van der Waals surface area contributed by atoms with Gasteiger partial charge >= 0.3 is 12.0 Å². The van der Waals surface area contributed by atoms with E-state index in [1.807, 2.05) is 0 Å². The van der Waals surface area contributed by atoms with E-state index >= 15 is 0 Å². The van der Waals surface area contributed by atoms with Crippen LogP contribution in [0.3, 0.4) is 0 Å². The molecule has 6 heteroatoms. The van der Waals surface area contributed by atoms with Crippen LogP contribution >= 0.6 is 0 Å². The topological polar surface area (TPSA) is 87.7 Å². The molecule has 0 aliphatic heterocycles. The summed E-state index contributed by atoms with van der Waals surface area (Å²) in [4.78, 5) is 22.0. The van der Waals surface area contributed by atoms with Gasteiger partial charge in [0.1, 0.15) is 0 Å². The Morgan fingerprint density at radius 3 is 2.76 bits per heavy atom. The van der Waals surface area contributed by atoms with E-state index in [1.54, 1.807) is 0 Å². The number of amides is 2. The summed E-state index contributed by atoms with van der Waals surface area (Å²) in [5, 5.41) is 14.0. The van der Waals surface area contributed by atoms with Crippen molar-refractivity contribution in [3.8, 4) is 0 Å². The molecule has 1 fully saturated rings. The Bertz CT molecular complexity index is 283. The number of methoxy groups -OCH3 is 1. The van der Waals surface area contributed by atoms with E-state index < -0.39 is 12.1 Å². The monoisotopic (exact) mass is 244 g/mol. The van der Waals surface area contributed by atoms with Gasteiger partial charge in [0.05, 0.1) is 6.54 Å². The molecule has 0 saturated heterocycles. The van der Waals surface area contributed by atoms with Crippen molar-refractivity contribution < 1.29 is 19.4 Å². The Kier molecular flexibility index (Phi) is 5.21. The first-order chi connectivity index (χ1) is 8.08. The van der Waals surface area contributed by atoms with Gasteiger partial charge in [0, 0.05) is 13.2 Å². The number of urea groups is 1. The summed E-state index contributed by atoms with van der Waals surface area (Å²) in [6.07, 6.45) is 2.27. The lowest BCUT2D eigenvalue weighted by molar-refractivity contribution is -0.147. The number of carbonyl (C=O) groups excluding carboxylic acids is 1.